The van der Waals surface area contributed by atoms with E-state index in [0.717, 1.165) is 5.92 Å². The minimum atomic E-state index is 0.738. The molecule has 0 atom stereocenters. The minimum absolute atomic E-state index is 0.738. The van der Waals surface area contributed by atoms with Crippen LogP contribution < -0.4 is 0 Å². The van der Waals surface area contributed by atoms with Crippen molar-refractivity contribution in [2.75, 3.05) is 0 Å². The molecule has 0 aromatic rings. The highest BCUT2D eigenvalue weighted by atomic mass is 14.2. The first kappa shape index (κ1) is 28.2. The van der Waals surface area contributed by atoms with Gasteiger partial charge in [0.1, 0.15) is 0 Å². The zero-order valence-corrected chi connectivity index (χ0v) is 23.5. The minimum Gasteiger partial charge on any atom is -0.0870 e. The summed E-state index contributed by atoms with van der Waals surface area (Å²) in [6.45, 7) is 10.1. The molecule has 192 valence electrons. The molecule has 0 nitrogen and oxygen atoms in total. The smallest absolute Gasteiger partial charge is 0.0105 e. The largest absolute Gasteiger partial charge is 0.0870 e. The Balaban J connectivity index is 0.000000907. The average molecular weight is 489 g/mol. The van der Waals surface area contributed by atoms with Gasteiger partial charge in [-0.1, -0.05) is 144 Å². The normalized spacial score (nSPS) is 14.2. The van der Waals surface area contributed by atoms with Crippen molar-refractivity contribution < 1.29 is 0 Å². The fourth-order valence-corrected chi connectivity index (χ4v) is 5.22. The Morgan fingerprint density at radius 2 is 0.919 bits per heavy atom. The molecule has 0 amide bonds. The van der Waals surface area contributed by atoms with Crippen LogP contribution in [0.4, 0.5) is 0 Å². The predicted octanol–water partition coefficient (Wildman–Crippen LogP) is 11.7. The van der Waals surface area contributed by atoms with Crippen molar-refractivity contribution in [2.24, 2.45) is 5.92 Å². The van der Waals surface area contributed by atoms with E-state index in [0.29, 0.717) is 0 Å². The van der Waals surface area contributed by atoms with Crippen molar-refractivity contribution in [3.63, 3.8) is 0 Å². The molecule has 0 heterocycles. The van der Waals surface area contributed by atoms with Crippen LogP contribution in [0.2, 0.25) is 0 Å². The molecule has 0 bridgehead atoms. The fraction of sp³-hybridized carbons (Fsp3) is 0.297. The van der Waals surface area contributed by atoms with E-state index in [1.54, 1.807) is 0 Å². The molecule has 0 aromatic carbocycles. The van der Waals surface area contributed by atoms with Crippen LogP contribution in [0.1, 0.15) is 89.0 Å². The number of rotatable bonds is 5. The number of allylic oxidation sites excluding steroid dienone is 2. The second-order valence-corrected chi connectivity index (χ2v) is 9.18. The maximum atomic E-state index is 2.46. The van der Waals surface area contributed by atoms with Gasteiger partial charge in [-0.05, 0) is 82.3 Å². The summed E-state index contributed by atoms with van der Waals surface area (Å²) < 4.78 is 0. The monoisotopic (exact) mass is 488 g/mol. The van der Waals surface area contributed by atoms with Gasteiger partial charge >= 0.3 is 0 Å². The van der Waals surface area contributed by atoms with Crippen molar-refractivity contribution in [3.05, 3.63) is 107 Å². The van der Waals surface area contributed by atoms with E-state index in [4.69, 9.17) is 0 Å². The molecule has 0 spiro atoms. The molecule has 0 N–H and O–H groups in total. The van der Waals surface area contributed by atoms with Crippen LogP contribution in [0, 0.1) is 5.92 Å². The molecule has 0 aromatic heterocycles. The van der Waals surface area contributed by atoms with Crippen molar-refractivity contribution in [3.8, 4) is 22.3 Å². The van der Waals surface area contributed by atoms with Gasteiger partial charge in [-0.25, -0.2) is 0 Å². The first-order valence-electron chi connectivity index (χ1n) is 14.4. The quantitative estimate of drug-likeness (QED) is 0.262. The van der Waals surface area contributed by atoms with Crippen LogP contribution in [-0.4, -0.2) is 0 Å². The number of hydrogen-bond donors (Lipinski definition) is 0. The van der Waals surface area contributed by atoms with E-state index in [9.17, 15) is 0 Å². The Kier molecular flexibility index (Phi) is 11.4. The van der Waals surface area contributed by atoms with Crippen LogP contribution >= 0.6 is 0 Å². The highest BCUT2D eigenvalue weighted by Gasteiger charge is 2.15. The van der Waals surface area contributed by atoms with Gasteiger partial charge in [0, 0.05) is 0 Å². The van der Waals surface area contributed by atoms with Gasteiger partial charge in [-0.15, -0.1) is 0 Å². The van der Waals surface area contributed by atoms with E-state index >= 15 is 0 Å². The molecule has 0 unspecified atom stereocenters. The molecular formula is C37H44. The molecule has 0 heteroatoms. The highest BCUT2D eigenvalue weighted by Crippen LogP contribution is 2.37. The van der Waals surface area contributed by atoms with Gasteiger partial charge in [0.15, 0.2) is 0 Å². The van der Waals surface area contributed by atoms with Crippen molar-refractivity contribution in [1.29, 1.82) is 0 Å². The van der Waals surface area contributed by atoms with Gasteiger partial charge in [0.25, 0.3) is 0 Å². The van der Waals surface area contributed by atoms with Gasteiger partial charge in [0.2, 0.25) is 0 Å². The molecule has 1 saturated carbocycles. The maximum absolute atomic E-state index is 2.46. The molecule has 5 aliphatic rings. The summed E-state index contributed by atoms with van der Waals surface area (Å²) in [7, 11) is 0. The zero-order valence-electron chi connectivity index (χ0n) is 23.5. The zero-order chi connectivity index (χ0) is 26.5. The van der Waals surface area contributed by atoms with Crippen molar-refractivity contribution >= 4 is 24.3 Å². The Hall–Kier alpha value is -3.38. The van der Waals surface area contributed by atoms with E-state index in [1.165, 1.54) is 76.6 Å². The van der Waals surface area contributed by atoms with Gasteiger partial charge < -0.3 is 0 Å². The van der Waals surface area contributed by atoms with Gasteiger partial charge in [-0.2, -0.15) is 0 Å². The Labute approximate surface area is 226 Å². The Morgan fingerprint density at radius 3 is 1.35 bits per heavy atom. The van der Waals surface area contributed by atoms with E-state index in [1.807, 2.05) is 27.7 Å². The summed E-state index contributed by atoms with van der Waals surface area (Å²) in [5.74, 6) is 0.738. The van der Waals surface area contributed by atoms with Crippen LogP contribution in [0.25, 0.3) is 46.6 Å². The van der Waals surface area contributed by atoms with E-state index in [2.05, 4.69) is 116 Å². The van der Waals surface area contributed by atoms with E-state index in [-0.39, 0.29) is 0 Å². The summed E-state index contributed by atoms with van der Waals surface area (Å²) >= 11 is 0. The summed E-state index contributed by atoms with van der Waals surface area (Å²) in [6, 6.07) is 26.4. The van der Waals surface area contributed by atoms with Crippen molar-refractivity contribution in [2.45, 2.75) is 66.7 Å². The third-order valence-corrected chi connectivity index (χ3v) is 6.93. The lowest BCUT2D eigenvalue weighted by molar-refractivity contribution is 0.420. The SMILES string of the molecule is C/C=C/c1cc(/C=C/c2cc(C=CC3CCCCC3)c3cccccc2-3)c2cccccc1-2.CC.CC. The van der Waals surface area contributed by atoms with Crippen LogP contribution in [0.15, 0.2) is 84.9 Å². The summed E-state index contributed by atoms with van der Waals surface area (Å²) in [6.07, 6.45) is 20.6. The second kappa shape index (κ2) is 15.0. The molecule has 0 saturated heterocycles. The van der Waals surface area contributed by atoms with Crippen LogP contribution in [0.5, 0.6) is 0 Å². The molecule has 5 aliphatic carbocycles. The summed E-state index contributed by atoms with van der Waals surface area (Å²) in [5.41, 5.74) is 10.4. The lowest BCUT2D eigenvalue weighted by atomic mass is 9.88. The van der Waals surface area contributed by atoms with Crippen molar-refractivity contribution in [1.82, 2.24) is 0 Å². The number of fused-ring (bicyclic) bond motifs is 2. The molecule has 1 fully saturated rings. The fourth-order valence-electron chi connectivity index (χ4n) is 5.22. The predicted molar refractivity (Wildman–Crippen MR) is 168 cm³/mol. The lowest BCUT2D eigenvalue weighted by Gasteiger charge is -2.17. The number of hydrogen-bond acceptors (Lipinski definition) is 0. The molecular weight excluding hydrogens is 444 g/mol. The third-order valence-electron chi connectivity index (χ3n) is 6.93. The highest BCUT2D eigenvalue weighted by molar-refractivity contribution is 5.93. The first-order chi connectivity index (χ1) is 18.3. The summed E-state index contributed by atoms with van der Waals surface area (Å²) in [5, 5.41) is 0. The molecule has 0 radical (unpaired) electrons. The topological polar surface area (TPSA) is 0 Å². The lowest BCUT2D eigenvalue weighted by Crippen LogP contribution is -2.02. The molecule has 0 aliphatic heterocycles. The van der Waals surface area contributed by atoms with Gasteiger partial charge in [-0.3, -0.25) is 0 Å². The Morgan fingerprint density at radius 1 is 0.514 bits per heavy atom. The van der Waals surface area contributed by atoms with E-state index < -0.39 is 0 Å². The van der Waals surface area contributed by atoms with Crippen LogP contribution in [0.3, 0.4) is 0 Å². The summed E-state index contributed by atoms with van der Waals surface area (Å²) in [4.78, 5) is 0. The maximum Gasteiger partial charge on any atom is -0.0105 e. The second-order valence-electron chi connectivity index (χ2n) is 9.18. The molecule has 37 heavy (non-hydrogen) atoms. The van der Waals surface area contributed by atoms with Gasteiger partial charge in [0.05, 0.1) is 0 Å². The average Bonchev–Trinajstić information content (AvgIpc) is 3.20. The molecule has 5 rings (SSSR count). The third kappa shape index (κ3) is 7.10. The Bertz CT molecular complexity index is 1250. The van der Waals surface area contributed by atoms with Crippen LogP contribution in [-0.2, 0) is 0 Å². The standard InChI is InChI=1S/C33H32.2C2H6/c1-2-12-26-23-28(32-17-10-4-8-15-30(26)32)21-22-29-24-27(20-19-25-13-6-3-7-14-25)31-16-9-5-11-18-33(29)31;2*1-2/h2,4-5,8-12,15-25H,3,6-7,13-14H2,1H3;2*1-2H3/b12-2+,20-19?,22-21+;;. The first-order valence-corrected chi connectivity index (χ1v) is 14.4.